The summed E-state index contributed by atoms with van der Waals surface area (Å²) in [4.78, 5) is 0. The molecule has 0 saturated carbocycles. The lowest BCUT2D eigenvalue weighted by Gasteiger charge is -2.10. The third-order valence-electron chi connectivity index (χ3n) is 3.09. The van der Waals surface area contributed by atoms with E-state index in [2.05, 4.69) is 5.32 Å². The zero-order valence-electron chi connectivity index (χ0n) is 12.0. The normalized spacial score (nSPS) is 10.7. The summed E-state index contributed by atoms with van der Waals surface area (Å²) in [7, 11) is 0. The smallest absolute Gasteiger partial charge is 0.131 e. The molecule has 0 amide bonds. The third-order valence-corrected chi connectivity index (χ3v) is 3.09. The minimum atomic E-state index is -0.547. The van der Waals surface area contributed by atoms with Gasteiger partial charge in [-0.1, -0.05) is 26.0 Å². The maximum atomic E-state index is 14.2. The Morgan fingerprint density at radius 1 is 1.14 bits per heavy atom. The van der Waals surface area contributed by atoms with Crippen LogP contribution in [0.2, 0.25) is 0 Å². The van der Waals surface area contributed by atoms with Crippen LogP contribution in [0.15, 0.2) is 36.4 Å². The molecule has 0 saturated heterocycles. The summed E-state index contributed by atoms with van der Waals surface area (Å²) in [5.41, 5.74) is 1.66. The highest BCUT2D eigenvalue weighted by atomic mass is 19.1. The second-order valence-corrected chi connectivity index (χ2v) is 5.19. The summed E-state index contributed by atoms with van der Waals surface area (Å²) in [5.74, 6) is -0.971. The Morgan fingerprint density at radius 2 is 1.90 bits per heavy atom. The number of hydrogen-bond donors (Lipinski definition) is 1. The van der Waals surface area contributed by atoms with Gasteiger partial charge in [-0.25, -0.2) is 8.78 Å². The molecule has 2 nitrogen and oxygen atoms in total. The van der Waals surface area contributed by atoms with E-state index in [1.54, 1.807) is 12.1 Å². The standard InChI is InChI=1S/C17H16F2N2/c1-11(2)21-10-12-3-4-16(17(19)7-12)14-5-13(9-20)6-15(18)8-14/h3-8,11,21H,10H2,1-2H3. The predicted octanol–water partition coefficient (Wildman–Crippen LogP) is 4.00. The van der Waals surface area contributed by atoms with E-state index in [0.29, 0.717) is 23.7 Å². The van der Waals surface area contributed by atoms with Crippen molar-refractivity contribution in [1.29, 1.82) is 5.26 Å². The van der Waals surface area contributed by atoms with E-state index >= 15 is 0 Å². The van der Waals surface area contributed by atoms with Crippen molar-refractivity contribution in [3.05, 3.63) is 59.2 Å². The molecule has 0 aromatic heterocycles. The van der Waals surface area contributed by atoms with Crippen molar-refractivity contribution >= 4 is 0 Å². The van der Waals surface area contributed by atoms with Crippen molar-refractivity contribution in [3.8, 4) is 17.2 Å². The van der Waals surface area contributed by atoms with Crippen molar-refractivity contribution in [3.63, 3.8) is 0 Å². The molecular weight excluding hydrogens is 270 g/mol. The van der Waals surface area contributed by atoms with Crippen LogP contribution in [-0.2, 0) is 6.54 Å². The van der Waals surface area contributed by atoms with Crippen LogP contribution >= 0.6 is 0 Å². The second-order valence-electron chi connectivity index (χ2n) is 5.19. The quantitative estimate of drug-likeness (QED) is 0.922. The Labute approximate surface area is 123 Å². The number of nitrogens with zero attached hydrogens (tertiary/aromatic N) is 1. The van der Waals surface area contributed by atoms with Crippen LogP contribution < -0.4 is 5.32 Å². The number of halogens is 2. The predicted molar refractivity (Wildman–Crippen MR) is 78.5 cm³/mol. The molecule has 0 atom stereocenters. The molecule has 1 N–H and O–H groups in total. The molecule has 0 fully saturated rings. The minimum absolute atomic E-state index is 0.176. The second kappa shape index (κ2) is 6.47. The van der Waals surface area contributed by atoms with Gasteiger partial charge < -0.3 is 5.32 Å². The summed E-state index contributed by atoms with van der Waals surface area (Å²) in [5, 5.41) is 12.1. The van der Waals surface area contributed by atoms with Crippen LogP contribution in [0.25, 0.3) is 11.1 Å². The van der Waals surface area contributed by atoms with Crippen molar-refractivity contribution in [2.24, 2.45) is 0 Å². The lowest BCUT2D eigenvalue weighted by molar-refractivity contribution is 0.582. The van der Waals surface area contributed by atoms with E-state index in [1.165, 1.54) is 18.2 Å². The van der Waals surface area contributed by atoms with Crippen LogP contribution in [0.4, 0.5) is 8.78 Å². The highest BCUT2D eigenvalue weighted by Crippen LogP contribution is 2.25. The minimum Gasteiger partial charge on any atom is -0.310 e. The summed E-state index contributed by atoms with van der Waals surface area (Å²) >= 11 is 0. The van der Waals surface area contributed by atoms with Crippen LogP contribution in [-0.4, -0.2) is 6.04 Å². The van der Waals surface area contributed by atoms with E-state index in [4.69, 9.17) is 5.26 Å². The fourth-order valence-corrected chi connectivity index (χ4v) is 2.03. The van der Waals surface area contributed by atoms with Gasteiger partial charge >= 0.3 is 0 Å². The van der Waals surface area contributed by atoms with E-state index < -0.39 is 11.6 Å². The molecule has 21 heavy (non-hydrogen) atoms. The average molecular weight is 286 g/mol. The lowest BCUT2D eigenvalue weighted by Crippen LogP contribution is -2.21. The zero-order valence-corrected chi connectivity index (χ0v) is 12.0. The fraction of sp³-hybridized carbons (Fsp3) is 0.235. The van der Waals surface area contributed by atoms with Crippen molar-refractivity contribution in [2.45, 2.75) is 26.4 Å². The van der Waals surface area contributed by atoms with Gasteiger partial charge in [-0.05, 0) is 35.4 Å². The highest BCUT2D eigenvalue weighted by Gasteiger charge is 2.09. The van der Waals surface area contributed by atoms with E-state index in [9.17, 15) is 8.78 Å². The summed E-state index contributed by atoms with van der Waals surface area (Å²) in [6.07, 6.45) is 0. The summed E-state index contributed by atoms with van der Waals surface area (Å²) < 4.78 is 27.6. The van der Waals surface area contributed by atoms with Crippen LogP contribution in [0, 0.1) is 23.0 Å². The van der Waals surface area contributed by atoms with Crippen molar-refractivity contribution in [1.82, 2.24) is 5.32 Å². The van der Waals surface area contributed by atoms with Crippen molar-refractivity contribution < 1.29 is 8.78 Å². The number of nitriles is 1. The molecule has 0 aliphatic carbocycles. The highest BCUT2D eigenvalue weighted by molar-refractivity contribution is 5.66. The maximum absolute atomic E-state index is 14.2. The van der Waals surface area contributed by atoms with Gasteiger partial charge in [0, 0.05) is 18.2 Å². The topological polar surface area (TPSA) is 35.8 Å². The Morgan fingerprint density at radius 3 is 2.52 bits per heavy atom. The molecule has 4 heteroatoms. The van der Waals surface area contributed by atoms with Gasteiger partial charge in [0.15, 0.2) is 0 Å². The van der Waals surface area contributed by atoms with Crippen LogP contribution in [0.5, 0.6) is 0 Å². The Kier molecular flexibility index (Phi) is 4.66. The average Bonchev–Trinajstić information content (AvgIpc) is 2.44. The SMILES string of the molecule is CC(C)NCc1ccc(-c2cc(F)cc(C#N)c2)c(F)c1. The van der Waals surface area contributed by atoms with Gasteiger partial charge in [0.05, 0.1) is 11.6 Å². The largest absolute Gasteiger partial charge is 0.310 e. The van der Waals surface area contributed by atoms with Gasteiger partial charge in [0.2, 0.25) is 0 Å². The Bertz CT molecular complexity index is 688. The van der Waals surface area contributed by atoms with Gasteiger partial charge in [0.25, 0.3) is 0 Å². The molecule has 2 aromatic rings. The molecule has 2 rings (SSSR count). The zero-order chi connectivity index (χ0) is 15.4. The van der Waals surface area contributed by atoms with Crippen molar-refractivity contribution in [2.75, 3.05) is 0 Å². The van der Waals surface area contributed by atoms with Gasteiger partial charge in [-0.15, -0.1) is 0 Å². The first-order valence-electron chi connectivity index (χ1n) is 6.72. The van der Waals surface area contributed by atoms with E-state index in [0.717, 1.165) is 11.6 Å². The lowest BCUT2D eigenvalue weighted by atomic mass is 10.0. The van der Waals surface area contributed by atoms with Gasteiger partial charge in [0.1, 0.15) is 11.6 Å². The molecule has 2 aromatic carbocycles. The maximum Gasteiger partial charge on any atom is 0.131 e. The molecule has 0 spiro atoms. The number of hydrogen-bond acceptors (Lipinski definition) is 2. The molecule has 0 radical (unpaired) electrons. The van der Waals surface area contributed by atoms with Gasteiger partial charge in [-0.2, -0.15) is 5.26 Å². The molecule has 0 bridgehead atoms. The van der Waals surface area contributed by atoms with E-state index in [-0.39, 0.29) is 5.56 Å². The third kappa shape index (κ3) is 3.87. The molecule has 0 unspecified atom stereocenters. The summed E-state index contributed by atoms with van der Waals surface area (Å²) in [6.45, 7) is 4.60. The van der Waals surface area contributed by atoms with Crippen LogP contribution in [0.1, 0.15) is 25.0 Å². The molecule has 0 heterocycles. The van der Waals surface area contributed by atoms with Gasteiger partial charge in [-0.3, -0.25) is 0 Å². The summed E-state index contributed by atoms with van der Waals surface area (Å²) in [6, 6.07) is 10.9. The first-order valence-corrected chi connectivity index (χ1v) is 6.72. The fourth-order valence-electron chi connectivity index (χ4n) is 2.03. The monoisotopic (exact) mass is 286 g/mol. The number of benzene rings is 2. The first-order chi connectivity index (χ1) is 9.99. The first kappa shape index (κ1) is 15.1. The molecule has 0 aliphatic heterocycles. The Hall–Kier alpha value is -2.25. The number of rotatable bonds is 4. The Balaban J connectivity index is 2.33. The van der Waals surface area contributed by atoms with E-state index in [1.807, 2.05) is 19.9 Å². The number of nitrogens with one attached hydrogen (secondary N) is 1. The van der Waals surface area contributed by atoms with Crippen LogP contribution in [0.3, 0.4) is 0 Å². The molecule has 0 aliphatic rings. The molecular formula is C17H16F2N2. The molecule has 108 valence electrons.